The molecule has 10 heteroatoms. The number of hydrogen-bond donors (Lipinski definition) is 5. The molecule has 1 fully saturated rings. The Hall–Kier alpha value is -2.53. The number of hydrogen-bond acceptors (Lipinski definition) is 9. The molecule has 4 atom stereocenters. The van der Waals surface area contributed by atoms with Crippen LogP contribution in [0.1, 0.15) is 13.2 Å². The van der Waals surface area contributed by atoms with E-state index in [1.807, 2.05) is 0 Å². The zero-order chi connectivity index (χ0) is 17.9. The fraction of sp³-hybridized carbons (Fsp3) is 0.400. The molecule has 25 heavy (non-hydrogen) atoms. The highest BCUT2D eigenvalue weighted by Crippen LogP contribution is 2.45. The average Bonchev–Trinajstić information content (AvgIpc) is 3.00. The molecule has 2 aliphatic heterocycles. The summed E-state index contributed by atoms with van der Waals surface area (Å²) in [4.78, 5) is 20.0. The Labute approximate surface area is 141 Å². The quantitative estimate of drug-likeness (QED) is 0.466. The summed E-state index contributed by atoms with van der Waals surface area (Å²) in [5.41, 5.74) is 4.02. The van der Waals surface area contributed by atoms with Gasteiger partial charge in [0.1, 0.15) is 29.4 Å². The van der Waals surface area contributed by atoms with Crippen LogP contribution in [-0.4, -0.2) is 55.6 Å². The molecular weight excluding hydrogens is 330 g/mol. The Kier molecular flexibility index (Phi) is 3.34. The van der Waals surface area contributed by atoms with Crippen molar-refractivity contribution >= 4 is 34.4 Å². The van der Waals surface area contributed by atoms with Crippen LogP contribution in [0.3, 0.4) is 0 Å². The standard InChI is InChI=1S/C15H17N5O5/c1-15(24)11(23)8(4-21)25-14(15)20-3-6-7(16)2-9(22)19-12-10(6)13(20)18-5-17-12/h2-3,5,8,11,14,21,23-24H,4,16H2,1H3,(H,17,18,19,22). The minimum absolute atomic E-state index is 0.203. The first-order chi connectivity index (χ1) is 11.8. The molecule has 10 nitrogen and oxygen atoms in total. The van der Waals surface area contributed by atoms with E-state index >= 15 is 0 Å². The van der Waals surface area contributed by atoms with Crippen molar-refractivity contribution in [1.29, 1.82) is 0 Å². The van der Waals surface area contributed by atoms with E-state index in [1.165, 1.54) is 23.9 Å². The Balaban J connectivity index is 1.98. The monoisotopic (exact) mass is 347 g/mol. The molecule has 4 rings (SSSR count). The van der Waals surface area contributed by atoms with Gasteiger partial charge in [-0.05, 0) is 6.92 Å². The summed E-state index contributed by atoms with van der Waals surface area (Å²) in [6.45, 7) is 0.969. The van der Waals surface area contributed by atoms with Gasteiger partial charge in [-0.25, -0.2) is 4.99 Å². The van der Waals surface area contributed by atoms with Crippen LogP contribution in [-0.2, 0) is 4.74 Å². The summed E-state index contributed by atoms with van der Waals surface area (Å²) in [6, 6.07) is 1.20. The third-order valence-electron chi connectivity index (χ3n) is 4.63. The van der Waals surface area contributed by atoms with E-state index in [9.17, 15) is 20.1 Å². The summed E-state index contributed by atoms with van der Waals surface area (Å²) in [7, 11) is 0. The van der Waals surface area contributed by atoms with Crippen LogP contribution < -0.4 is 16.6 Å². The second-order valence-corrected chi connectivity index (χ2v) is 6.33. The Bertz CT molecular complexity index is 953. The SMILES string of the molecule is CC1(O)C(O)C(CO)OC1n1cc2c(N)cc(=O)nc3c2c1N=CN3. The fourth-order valence-electron chi connectivity index (χ4n) is 3.33. The van der Waals surface area contributed by atoms with Crippen LogP contribution in [0.15, 0.2) is 22.1 Å². The van der Waals surface area contributed by atoms with Crippen LogP contribution in [0.4, 0.5) is 17.3 Å². The summed E-state index contributed by atoms with van der Waals surface area (Å²) < 4.78 is 7.16. The topological polar surface area (TPSA) is 155 Å². The zero-order valence-corrected chi connectivity index (χ0v) is 13.2. The van der Waals surface area contributed by atoms with Crippen molar-refractivity contribution in [2.45, 2.75) is 31.0 Å². The minimum Gasteiger partial charge on any atom is -0.398 e. The van der Waals surface area contributed by atoms with Crippen molar-refractivity contribution in [2.24, 2.45) is 4.99 Å². The number of nitrogen functional groups attached to an aromatic ring is 1. The lowest BCUT2D eigenvalue weighted by Gasteiger charge is -2.28. The second kappa shape index (κ2) is 5.23. The average molecular weight is 347 g/mol. The summed E-state index contributed by atoms with van der Waals surface area (Å²) in [5.74, 6) is 0.659. The Morgan fingerprint density at radius 1 is 1.52 bits per heavy atom. The number of aliphatic imine (C=N–C) groups is 1. The molecule has 2 aromatic rings. The number of anilines is 2. The van der Waals surface area contributed by atoms with Gasteiger partial charge in [-0.15, -0.1) is 0 Å². The molecule has 6 N–H and O–H groups in total. The molecule has 2 aromatic heterocycles. The van der Waals surface area contributed by atoms with Gasteiger partial charge in [-0.3, -0.25) is 4.79 Å². The van der Waals surface area contributed by atoms with Gasteiger partial charge >= 0.3 is 0 Å². The highest BCUT2D eigenvalue weighted by atomic mass is 16.6. The molecule has 0 aromatic carbocycles. The number of ether oxygens (including phenoxy) is 1. The molecule has 2 aliphatic rings. The van der Waals surface area contributed by atoms with Crippen molar-refractivity contribution < 1.29 is 20.1 Å². The molecular formula is C15H17N5O5. The van der Waals surface area contributed by atoms with Gasteiger partial charge in [-0.1, -0.05) is 0 Å². The molecule has 0 bridgehead atoms. The second-order valence-electron chi connectivity index (χ2n) is 6.33. The van der Waals surface area contributed by atoms with Crippen LogP contribution in [0.2, 0.25) is 0 Å². The maximum absolute atomic E-state index is 11.8. The van der Waals surface area contributed by atoms with Gasteiger partial charge in [-0.2, -0.15) is 4.98 Å². The number of rotatable bonds is 2. The van der Waals surface area contributed by atoms with E-state index in [1.54, 1.807) is 6.20 Å². The lowest BCUT2D eigenvalue weighted by molar-refractivity contribution is -0.0955. The molecule has 1 saturated heterocycles. The maximum atomic E-state index is 11.8. The predicted octanol–water partition coefficient (Wildman–Crippen LogP) is -0.934. The highest BCUT2D eigenvalue weighted by Gasteiger charge is 2.53. The van der Waals surface area contributed by atoms with Crippen LogP contribution in [0.25, 0.3) is 10.8 Å². The van der Waals surface area contributed by atoms with Gasteiger partial charge in [0.25, 0.3) is 5.56 Å². The van der Waals surface area contributed by atoms with Crippen LogP contribution >= 0.6 is 0 Å². The van der Waals surface area contributed by atoms with Crippen molar-refractivity contribution in [3.8, 4) is 0 Å². The molecule has 0 aliphatic carbocycles. The van der Waals surface area contributed by atoms with Crippen molar-refractivity contribution in [2.75, 3.05) is 17.7 Å². The lowest BCUT2D eigenvalue weighted by Crippen LogP contribution is -2.44. The van der Waals surface area contributed by atoms with E-state index in [-0.39, 0.29) is 11.5 Å². The van der Waals surface area contributed by atoms with E-state index < -0.39 is 36.2 Å². The predicted molar refractivity (Wildman–Crippen MR) is 89.8 cm³/mol. The first-order valence-electron chi connectivity index (χ1n) is 7.65. The molecule has 0 amide bonds. The molecule has 0 radical (unpaired) electrons. The Morgan fingerprint density at radius 3 is 2.96 bits per heavy atom. The van der Waals surface area contributed by atoms with Gasteiger partial charge in [0.15, 0.2) is 6.23 Å². The molecule has 4 heterocycles. The normalized spacial score (nSPS) is 30.6. The molecule has 0 saturated carbocycles. The Morgan fingerprint density at radius 2 is 2.28 bits per heavy atom. The summed E-state index contributed by atoms with van der Waals surface area (Å²) >= 11 is 0. The third-order valence-corrected chi connectivity index (χ3v) is 4.63. The van der Waals surface area contributed by atoms with Gasteiger partial charge in [0.2, 0.25) is 0 Å². The van der Waals surface area contributed by atoms with Gasteiger partial charge in [0.05, 0.1) is 18.3 Å². The van der Waals surface area contributed by atoms with Crippen molar-refractivity contribution in [3.63, 3.8) is 0 Å². The first kappa shape index (κ1) is 16.0. The summed E-state index contributed by atoms with van der Waals surface area (Å²) in [6.07, 6.45) is -0.296. The summed E-state index contributed by atoms with van der Waals surface area (Å²) in [5, 5.41) is 34.1. The number of nitrogens with two attached hydrogens (primary N) is 1. The number of aliphatic hydroxyl groups excluding tert-OH is 2. The van der Waals surface area contributed by atoms with Crippen LogP contribution in [0.5, 0.6) is 0 Å². The number of aliphatic hydroxyl groups is 3. The lowest BCUT2D eigenvalue weighted by atomic mass is 9.96. The number of aromatic nitrogens is 2. The smallest absolute Gasteiger partial charge is 0.273 e. The highest BCUT2D eigenvalue weighted by molar-refractivity contribution is 6.10. The first-order valence-corrected chi connectivity index (χ1v) is 7.65. The van der Waals surface area contributed by atoms with Crippen LogP contribution in [0, 0.1) is 0 Å². The molecule has 4 unspecified atom stereocenters. The molecule has 132 valence electrons. The van der Waals surface area contributed by atoms with Gasteiger partial charge in [0, 0.05) is 23.3 Å². The van der Waals surface area contributed by atoms with Gasteiger partial charge < -0.3 is 35.7 Å². The van der Waals surface area contributed by atoms with E-state index in [2.05, 4.69) is 15.3 Å². The van der Waals surface area contributed by atoms with E-state index in [0.29, 0.717) is 16.6 Å². The molecule has 0 spiro atoms. The van der Waals surface area contributed by atoms with Crippen molar-refractivity contribution in [3.05, 3.63) is 22.6 Å². The third kappa shape index (κ3) is 2.15. The maximum Gasteiger partial charge on any atom is 0.273 e. The van der Waals surface area contributed by atoms with E-state index in [4.69, 9.17) is 10.5 Å². The van der Waals surface area contributed by atoms with Crippen molar-refractivity contribution in [1.82, 2.24) is 9.55 Å². The zero-order valence-electron chi connectivity index (χ0n) is 13.2. The minimum atomic E-state index is -1.67. The fourth-order valence-corrected chi connectivity index (χ4v) is 3.33. The number of nitrogens with one attached hydrogen (secondary N) is 1. The van der Waals surface area contributed by atoms with E-state index in [0.717, 1.165) is 0 Å². The number of nitrogens with zero attached hydrogens (tertiary/aromatic N) is 3. The largest absolute Gasteiger partial charge is 0.398 e.